The molecule has 2 unspecified atom stereocenters. The van der Waals surface area contributed by atoms with Crippen LogP contribution in [0, 0.1) is 12.8 Å². The first-order chi connectivity index (χ1) is 7.72. The molecular weight excluding hydrogens is 224 g/mol. The first kappa shape index (κ1) is 11.9. The molecule has 2 atom stereocenters. The Balaban J connectivity index is 2.25. The molecule has 1 heterocycles. The highest BCUT2D eigenvalue weighted by molar-refractivity contribution is 6.30. The number of rotatable bonds is 3. The van der Waals surface area contributed by atoms with Crippen LogP contribution in [-0.2, 0) is 4.74 Å². The molecule has 0 spiro atoms. The van der Waals surface area contributed by atoms with Crippen molar-refractivity contribution in [2.45, 2.75) is 19.4 Å². The van der Waals surface area contributed by atoms with Crippen molar-refractivity contribution in [3.05, 3.63) is 34.3 Å². The Kier molecular flexibility index (Phi) is 3.82. The van der Waals surface area contributed by atoms with Gasteiger partial charge < -0.3 is 4.74 Å². The van der Waals surface area contributed by atoms with E-state index in [1.54, 1.807) is 0 Å². The highest BCUT2D eigenvalue weighted by Gasteiger charge is 2.27. The lowest BCUT2D eigenvalue weighted by Gasteiger charge is -2.23. The quantitative estimate of drug-likeness (QED) is 0.629. The molecule has 0 saturated carbocycles. The smallest absolute Gasteiger partial charge is 0.0513 e. The lowest BCUT2D eigenvalue weighted by molar-refractivity contribution is 0.176. The van der Waals surface area contributed by atoms with Crippen LogP contribution in [0.5, 0.6) is 0 Å². The van der Waals surface area contributed by atoms with E-state index in [0.717, 1.165) is 24.7 Å². The molecule has 4 heteroatoms. The maximum Gasteiger partial charge on any atom is 0.0513 e. The largest absolute Gasteiger partial charge is 0.381 e. The molecule has 16 heavy (non-hydrogen) atoms. The third-order valence-corrected chi connectivity index (χ3v) is 3.42. The Morgan fingerprint density at radius 2 is 2.38 bits per heavy atom. The molecule has 1 aliphatic rings. The number of hydrazine groups is 1. The Labute approximate surface area is 101 Å². The minimum absolute atomic E-state index is 0.153. The van der Waals surface area contributed by atoms with Gasteiger partial charge in [0.2, 0.25) is 0 Å². The molecule has 0 radical (unpaired) electrons. The SMILES string of the molecule is Cc1cc(Cl)ccc1C(NN)C1CCOC1. The van der Waals surface area contributed by atoms with Gasteiger partial charge in [-0.1, -0.05) is 17.7 Å². The number of hydrogen-bond acceptors (Lipinski definition) is 3. The van der Waals surface area contributed by atoms with Crippen molar-refractivity contribution >= 4 is 11.6 Å². The number of halogens is 1. The zero-order valence-corrected chi connectivity index (χ0v) is 10.1. The van der Waals surface area contributed by atoms with Gasteiger partial charge >= 0.3 is 0 Å². The third kappa shape index (κ3) is 2.38. The molecule has 0 bridgehead atoms. The van der Waals surface area contributed by atoms with E-state index in [0.29, 0.717) is 5.92 Å². The first-order valence-electron chi connectivity index (χ1n) is 5.52. The standard InChI is InChI=1S/C12H17ClN2O/c1-8-6-10(13)2-3-11(8)12(15-14)9-4-5-16-7-9/h2-3,6,9,12,15H,4-5,7,14H2,1H3. The molecule has 2 rings (SSSR count). The second-order valence-electron chi connectivity index (χ2n) is 4.27. The fraction of sp³-hybridized carbons (Fsp3) is 0.500. The van der Waals surface area contributed by atoms with Crippen LogP contribution in [-0.4, -0.2) is 13.2 Å². The number of aryl methyl sites for hydroxylation is 1. The predicted molar refractivity (Wildman–Crippen MR) is 65.2 cm³/mol. The zero-order valence-electron chi connectivity index (χ0n) is 9.37. The van der Waals surface area contributed by atoms with Crippen LogP contribution in [0.3, 0.4) is 0 Å². The molecule has 0 aliphatic carbocycles. The second kappa shape index (κ2) is 5.15. The van der Waals surface area contributed by atoms with Crippen LogP contribution in [0.2, 0.25) is 5.02 Å². The number of nitrogens with two attached hydrogens (primary N) is 1. The minimum atomic E-state index is 0.153. The second-order valence-corrected chi connectivity index (χ2v) is 4.71. The van der Waals surface area contributed by atoms with Gasteiger partial charge in [0, 0.05) is 17.5 Å². The van der Waals surface area contributed by atoms with E-state index >= 15 is 0 Å². The molecule has 3 N–H and O–H groups in total. The van der Waals surface area contributed by atoms with E-state index in [1.807, 2.05) is 18.2 Å². The lowest BCUT2D eigenvalue weighted by Crippen LogP contribution is -2.34. The third-order valence-electron chi connectivity index (χ3n) is 3.18. The molecule has 1 aromatic carbocycles. The van der Waals surface area contributed by atoms with Crippen molar-refractivity contribution in [2.75, 3.05) is 13.2 Å². The molecule has 0 aromatic heterocycles. The van der Waals surface area contributed by atoms with E-state index in [4.69, 9.17) is 22.2 Å². The molecule has 88 valence electrons. The van der Waals surface area contributed by atoms with Crippen LogP contribution < -0.4 is 11.3 Å². The molecule has 1 aliphatic heterocycles. The van der Waals surface area contributed by atoms with Gasteiger partial charge in [-0.05, 0) is 36.6 Å². The van der Waals surface area contributed by atoms with Crippen molar-refractivity contribution in [1.82, 2.24) is 5.43 Å². The van der Waals surface area contributed by atoms with Crippen molar-refractivity contribution in [2.24, 2.45) is 11.8 Å². The topological polar surface area (TPSA) is 47.3 Å². The van der Waals surface area contributed by atoms with E-state index in [9.17, 15) is 0 Å². The summed E-state index contributed by atoms with van der Waals surface area (Å²) < 4.78 is 5.40. The number of benzene rings is 1. The molecule has 1 saturated heterocycles. The van der Waals surface area contributed by atoms with Gasteiger partial charge in [0.15, 0.2) is 0 Å². The summed E-state index contributed by atoms with van der Waals surface area (Å²) in [5.41, 5.74) is 5.28. The highest BCUT2D eigenvalue weighted by Crippen LogP contribution is 2.31. The zero-order chi connectivity index (χ0) is 11.5. The maximum atomic E-state index is 5.95. The molecule has 1 aromatic rings. The van der Waals surface area contributed by atoms with Gasteiger partial charge in [-0.2, -0.15) is 0 Å². The van der Waals surface area contributed by atoms with Crippen LogP contribution in [0.15, 0.2) is 18.2 Å². The monoisotopic (exact) mass is 240 g/mol. The summed E-state index contributed by atoms with van der Waals surface area (Å²) in [6.07, 6.45) is 1.05. The number of hydrogen-bond donors (Lipinski definition) is 2. The summed E-state index contributed by atoms with van der Waals surface area (Å²) in [5.74, 6) is 6.10. The molecule has 3 nitrogen and oxygen atoms in total. The van der Waals surface area contributed by atoms with Crippen molar-refractivity contribution in [1.29, 1.82) is 0 Å². The van der Waals surface area contributed by atoms with Gasteiger partial charge in [0.25, 0.3) is 0 Å². The van der Waals surface area contributed by atoms with Crippen molar-refractivity contribution in [3.63, 3.8) is 0 Å². The van der Waals surface area contributed by atoms with Gasteiger partial charge in [0.05, 0.1) is 12.6 Å². The summed E-state index contributed by atoms with van der Waals surface area (Å²) in [6.45, 7) is 3.66. The summed E-state index contributed by atoms with van der Waals surface area (Å²) in [4.78, 5) is 0. The van der Waals surface area contributed by atoms with Gasteiger partial charge in [-0.15, -0.1) is 0 Å². The maximum absolute atomic E-state index is 5.95. The number of nitrogens with one attached hydrogen (secondary N) is 1. The average Bonchev–Trinajstić information content (AvgIpc) is 2.75. The lowest BCUT2D eigenvalue weighted by atomic mass is 9.90. The van der Waals surface area contributed by atoms with Crippen LogP contribution >= 0.6 is 11.6 Å². The number of ether oxygens (including phenoxy) is 1. The summed E-state index contributed by atoms with van der Waals surface area (Å²) in [7, 11) is 0. The fourth-order valence-corrected chi connectivity index (χ4v) is 2.51. The van der Waals surface area contributed by atoms with Gasteiger partial charge in [0.1, 0.15) is 0 Å². The van der Waals surface area contributed by atoms with Gasteiger partial charge in [-0.3, -0.25) is 11.3 Å². The highest BCUT2D eigenvalue weighted by atomic mass is 35.5. The Hall–Kier alpha value is -0.610. The molecular formula is C12H17ClN2O. The van der Waals surface area contributed by atoms with Crippen LogP contribution in [0.4, 0.5) is 0 Å². The van der Waals surface area contributed by atoms with Crippen molar-refractivity contribution in [3.8, 4) is 0 Å². The predicted octanol–water partition coefficient (Wildman–Crippen LogP) is 2.19. The Morgan fingerprint density at radius 1 is 1.56 bits per heavy atom. The Morgan fingerprint density at radius 3 is 2.94 bits per heavy atom. The normalized spacial score (nSPS) is 22.3. The van der Waals surface area contributed by atoms with E-state index in [2.05, 4.69) is 12.3 Å². The van der Waals surface area contributed by atoms with Gasteiger partial charge in [-0.25, -0.2) is 0 Å². The Bertz CT molecular complexity index is 364. The van der Waals surface area contributed by atoms with E-state index in [-0.39, 0.29) is 6.04 Å². The van der Waals surface area contributed by atoms with Crippen molar-refractivity contribution < 1.29 is 4.74 Å². The first-order valence-corrected chi connectivity index (χ1v) is 5.90. The molecule has 1 fully saturated rings. The van der Waals surface area contributed by atoms with E-state index in [1.165, 1.54) is 11.1 Å². The summed E-state index contributed by atoms with van der Waals surface area (Å²) >= 11 is 5.95. The van der Waals surface area contributed by atoms with Crippen LogP contribution in [0.1, 0.15) is 23.6 Å². The van der Waals surface area contributed by atoms with Crippen LogP contribution in [0.25, 0.3) is 0 Å². The summed E-state index contributed by atoms with van der Waals surface area (Å²) in [5, 5.41) is 0.764. The molecule has 0 amide bonds. The minimum Gasteiger partial charge on any atom is -0.381 e. The fourth-order valence-electron chi connectivity index (χ4n) is 2.28. The average molecular weight is 241 g/mol. The summed E-state index contributed by atoms with van der Waals surface area (Å²) in [6, 6.07) is 6.07. The van der Waals surface area contributed by atoms with E-state index < -0.39 is 0 Å².